The third-order valence-electron chi connectivity index (χ3n) is 2.64. The van der Waals surface area contributed by atoms with Crippen LogP contribution in [0.25, 0.3) is 5.69 Å². The summed E-state index contributed by atoms with van der Waals surface area (Å²) in [5.41, 5.74) is 1.87. The molecule has 0 saturated carbocycles. The van der Waals surface area contributed by atoms with Crippen LogP contribution in [0.2, 0.25) is 0 Å². The molecular weight excluding hydrogens is 232 g/mol. The zero-order valence-corrected chi connectivity index (χ0v) is 10.5. The highest BCUT2D eigenvalue weighted by atomic mass is 16.6. The van der Waals surface area contributed by atoms with Gasteiger partial charge in [0.05, 0.1) is 10.6 Å². The first kappa shape index (κ1) is 12.1. The molecule has 0 N–H and O–H groups in total. The number of anilines is 1. The maximum atomic E-state index is 10.6. The van der Waals surface area contributed by atoms with E-state index >= 15 is 0 Å². The summed E-state index contributed by atoms with van der Waals surface area (Å²) in [5.74, 6) is 0.853. The zero-order valence-electron chi connectivity index (χ0n) is 10.5. The molecule has 0 amide bonds. The summed E-state index contributed by atoms with van der Waals surface area (Å²) in [6.45, 7) is 1.95. The fourth-order valence-electron chi connectivity index (χ4n) is 1.65. The Labute approximate surface area is 105 Å². The Morgan fingerprint density at radius 1 is 1.28 bits per heavy atom. The summed E-state index contributed by atoms with van der Waals surface area (Å²) in [6, 6.07) is 8.30. The average Bonchev–Trinajstić information content (AvgIpc) is 2.71. The second kappa shape index (κ2) is 4.48. The number of nitrogens with zero attached hydrogens (tertiary/aromatic N) is 4. The minimum Gasteiger partial charge on any atom is -0.361 e. The molecular formula is C12H14N4O2. The van der Waals surface area contributed by atoms with E-state index in [4.69, 9.17) is 0 Å². The third kappa shape index (κ3) is 2.17. The van der Waals surface area contributed by atoms with Crippen LogP contribution in [0, 0.1) is 17.0 Å². The second-order valence-electron chi connectivity index (χ2n) is 4.22. The molecule has 0 aliphatic heterocycles. The van der Waals surface area contributed by atoms with Gasteiger partial charge in [-0.15, -0.1) is 0 Å². The molecule has 6 nitrogen and oxygen atoms in total. The van der Waals surface area contributed by atoms with E-state index in [9.17, 15) is 10.1 Å². The zero-order chi connectivity index (χ0) is 13.3. The number of hydrogen-bond acceptors (Lipinski definition) is 4. The molecule has 1 heterocycles. The van der Waals surface area contributed by atoms with Crippen molar-refractivity contribution in [1.29, 1.82) is 0 Å². The lowest BCUT2D eigenvalue weighted by molar-refractivity contribution is -0.384. The predicted molar refractivity (Wildman–Crippen MR) is 69.3 cm³/mol. The van der Waals surface area contributed by atoms with E-state index in [0.717, 1.165) is 17.2 Å². The van der Waals surface area contributed by atoms with Gasteiger partial charge in [0, 0.05) is 38.0 Å². The van der Waals surface area contributed by atoms with Crippen molar-refractivity contribution in [1.82, 2.24) is 9.78 Å². The summed E-state index contributed by atoms with van der Waals surface area (Å²) < 4.78 is 1.76. The van der Waals surface area contributed by atoms with Gasteiger partial charge in [0.2, 0.25) is 0 Å². The van der Waals surface area contributed by atoms with E-state index in [-0.39, 0.29) is 5.69 Å². The van der Waals surface area contributed by atoms with Crippen LogP contribution in [0.5, 0.6) is 0 Å². The number of rotatable bonds is 3. The Morgan fingerprint density at radius 2 is 1.89 bits per heavy atom. The van der Waals surface area contributed by atoms with Crippen LogP contribution >= 0.6 is 0 Å². The van der Waals surface area contributed by atoms with Crippen molar-refractivity contribution >= 4 is 11.5 Å². The number of nitro benzene ring substituents is 1. The lowest BCUT2D eigenvalue weighted by Crippen LogP contribution is -2.09. The number of aromatic nitrogens is 2. The van der Waals surface area contributed by atoms with Crippen LogP contribution in [0.1, 0.15) is 5.69 Å². The fraction of sp³-hybridized carbons (Fsp3) is 0.250. The minimum absolute atomic E-state index is 0.0800. The summed E-state index contributed by atoms with van der Waals surface area (Å²) in [7, 11) is 3.84. The lowest BCUT2D eigenvalue weighted by atomic mass is 10.3. The van der Waals surface area contributed by atoms with Gasteiger partial charge < -0.3 is 4.90 Å². The Kier molecular flexibility index (Phi) is 3.01. The standard InChI is InChI=1S/C12H14N4O2/c1-9-8-12(14(2)3)13-15(9)10-4-6-11(7-5-10)16(17)18/h4-8H,1-3H3. The monoisotopic (exact) mass is 246 g/mol. The van der Waals surface area contributed by atoms with Gasteiger partial charge in [-0.25, -0.2) is 4.68 Å². The molecule has 0 atom stereocenters. The van der Waals surface area contributed by atoms with E-state index in [2.05, 4.69) is 5.10 Å². The van der Waals surface area contributed by atoms with Gasteiger partial charge in [-0.1, -0.05) is 0 Å². The van der Waals surface area contributed by atoms with Crippen molar-refractivity contribution in [2.75, 3.05) is 19.0 Å². The SMILES string of the molecule is Cc1cc(N(C)C)nn1-c1ccc([N+](=O)[O-])cc1. The van der Waals surface area contributed by atoms with E-state index < -0.39 is 4.92 Å². The van der Waals surface area contributed by atoms with Crippen molar-refractivity contribution in [2.45, 2.75) is 6.92 Å². The van der Waals surface area contributed by atoms with Crippen molar-refractivity contribution in [2.24, 2.45) is 0 Å². The van der Waals surface area contributed by atoms with Crippen molar-refractivity contribution in [3.63, 3.8) is 0 Å². The highest BCUT2D eigenvalue weighted by Gasteiger charge is 2.09. The first-order valence-corrected chi connectivity index (χ1v) is 5.48. The average molecular weight is 246 g/mol. The van der Waals surface area contributed by atoms with Gasteiger partial charge in [0.1, 0.15) is 0 Å². The van der Waals surface area contributed by atoms with E-state index in [0.29, 0.717) is 0 Å². The number of non-ortho nitro benzene ring substituents is 1. The molecule has 94 valence electrons. The van der Waals surface area contributed by atoms with Gasteiger partial charge in [-0.05, 0) is 19.1 Å². The highest BCUT2D eigenvalue weighted by Crippen LogP contribution is 2.19. The molecule has 0 radical (unpaired) electrons. The normalized spacial score (nSPS) is 10.4. The molecule has 2 aromatic rings. The molecule has 18 heavy (non-hydrogen) atoms. The first-order chi connectivity index (χ1) is 8.49. The van der Waals surface area contributed by atoms with Crippen LogP contribution in [0.15, 0.2) is 30.3 Å². The maximum Gasteiger partial charge on any atom is 0.269 e. The van der Waals surface area contributed by atoms with Crippen molar-refractivity contribution in [3.05, 3.63) is 46.1 Å². The molecule has 0 unspecified atom stereocenters. The number of nitro groups is 1. The second-order valence-corrected chi connectivity index (χ2v) is 4.22. The van der Waals surface area contributed by atoms with Gasteiger partial charge in [0.15, 0.2) is 5.82 Å². The van der Waals surface area contributed by atoms with Crippen LogP contribution in [-0.2, 0) is 0 Å². The van der Waals surface area contributed by atoms with Crippen LogP contribution in [0.4, 0.5) is 11.5 Å². The molecule has 0 fully saturated rings. The van der Waals surface area contributed by atoms with Gasteiger partial charge >= 0.3 is 0 Å². The Balaban J connectivity index is 2.39. The van der Waals surface area contributed by atoms with Crippen LogP contribution in [-0.4, -0.2) is 28.8 Å². The van der Waals surface area contributed by atoms with Crippen LogP contribution in [0.3, 0.4) is 0 Å². The molecule has 2 rings (SSSR count). The molecule has 1 aromatic heterocycles. The minimum atomic E-state index is -0.412. The van der Waals surface area contributed by atoms with E-state index in [1.165, 1.54) is 12.1 Å². The molecule has 1 aromatic carbocycles. The number of aryl methyl sites for hydroxylation is 1. The van der Waals surface area contributed by atoms with Crippen LogP contribution < -0.4 is 4.90 Å². The molecule has 6 heteroatoms. The molecule has 0 aliphatic carbocycles. The van der Waals surface area contributed by atoms with Gasteiger partial charge in [-0.3, -0.25) is 10.1 Å². The van der Waals surface area contributed by atoms with Gasteiger partial charge in [0.25, 0.3) is 5.69 Å². The highest BCUT2D eigenvalue weighted by molar-refractivity contribution is 5.45. The lowest BCUT2D eigenvalue weighted by Gasteiger charge is -2.07. The summed E-state index contributed by atoms with van der Waals surface area (Å²) >= 11 is 0. The number of hydrogen-bond donors (Lipinski definition) is 0. The van der Waals surface area contributed by atoms with E-state index in [1.54, 1.807) is 16.8 Å². The summed E-state index contributed by atoms with van der Waals surface area (Å²) in [6.07, 6.45) is 0. The van der Waals surface area contributed by atoms with Gasteiger partial charge in [-0.2, -0.15) is 5.10 Å². The fourth-order valence-corrected chi connectivity index (χ4v) is 1.65. The maximum absolute atomic E-state index is 10.6. The summed E-state index contributed by atoms with van der Waals surface area (Å²) in [4.78, 5) is 12.1. The topological polar surface area (TPSA) is 64.2 Å². The van der Waals surface area contributed by atoms with E-state index in [1.807, 2.05) is 32.0 Å². The molecule has 0 saturated heterocycles. The van der Waals surface area contributed by atoms with Crippen molar-refractivity contribution < 1.29 is 4.92 Å². The largest absolute Gasteiger partial charge is 0.361 e. The smallest absolute Gasteiger partial charge is 0.269 e. The number of benzene rings is 1. The molecule has 0 bridgehead atoms. The summed E-state index contributed by atoms with van der Waals surface area (Å²) in [5, 5.41) is 15.0. The Hall–Kier alpha value is -2.37. The predicted octanol–water partition coefficient (Wildman–Crippen LogP) is 2.15. The molecule has 0 aliphatic rings. The Morgan fingerprint density at radius 3 is 2.33 bits per heavy atom. The third-order valence-corrected chi connectivity index (χ3v) is 2.64. The van der Waals surface area contributed by atoms with Crippen molar-refractivity contribution in [3.8, 4) is 5.69 Å². The first-order valence-electron chi connectivity index (χ1n) is 5.48. The molecule has 0 spiro atoms. The quantitative estimate of drug-likeness (QED) is 0.615. The Bertz CT molecular complexity index is 572.